The van der Waals surface area contributed by atoms with Gasteiger partial charge in [-0.25, -0.2) is 4.98 Å². The van der Waals surface area contributed by atoms with Crippen LogP contribution < -0.4 is 5.73 Å². The van der Waals surface area contributed by atoms with Crippen molar-refractivity contribution < 1.29 is 4.79 Å². The molecule has 1 aromatic heterocycles. The molecule has 0 spiro atoms. The predicted octanol–water partition coefficient (Wildman–Crippen LogP) is 2.87. The van der Waals surface area contributed by atoms with E-state index in [1.54, 1.807) is 12.3 Å². The number of nitrogens with two attached hydrogens (primary N) is 1. The third kappa shape index (κ3) is 3.30. The van der Waals surface area contributed by atoms with Crippen molar-refractivity contribution in [2.45, 2.75) is 44.2 Å². The van der Waals surface area contributed by atoms with Crippen LogP contribution in [0.2, 0.25) is 0 Å². The zero-order chi connectivity index (χ0) is 19.1. The minimum atomic E-state index is -0.104. The van der Waals surface area contributed by atoms with Crippen LogP contribution in [0.4, 0.5) is 5.69 Å². The number of imidazole rings is 1. The van der Waals surface area contributed by atoms with Gasteiger partial charge in [-0.2, -0.15) is 0 Å². The van der Waals surface area contributed by atoms with Crippen molar-refractivity contribution in [1.29, 1.82) is 5.41 Å². The molecule has 6 nitrogen and oxygen atoms in total. The Morgan fingerprint density at radius 2 is 1.96 bits per heavy atom. The van der Waals surface area contributed by atoms with Crippen LogP contribution in [0.3, 0.4) is 0 Å². The summed E-state index contributed by atoms with van der Waals surface area (Å²) in [6.45, 7) is 0. The molecule has 2 fully saturated rings. The Bertz CT molecular complexity index is 872. The Hall–Kier alpha value is -2.47. The highest BCUT2D eigenvalue weighted by Gasteiger charge is 2.39. The second kappa shape index (κ2) is 6.93. The lowest BCUT2D eigenvalue weighted by Gasteiger charge is -2.36. The first-order valence-corrected chi connectivity index (χ1v) is 9.65. The largest absolute Gasteiger partial charge is 0.398 e. The van der Waals surface area contributed by atoms with Crippen LogP contribution >= 0.6 is 0 Å². The van der Waals surface area contributed by atoms with Gasteiger partial charge in [-0.05, 0) is 56.8 Å². The molecule has 1 aromatic carbocycles. The lowest BCUT2D eigenvalue weighted by molar-refractivity contribution is -0.114. The van der Waals surface area contributed by atoms with E-state index in [1.807, 2.05) is 29.9 Å². The maximum atomic E-state index is 12.8. The number of benzene rings is 1. The van der Waals surface area contributed by atoms with E-state index in [0.29, 0.717) is 35.7 Å². The lowest BCUT2D eigenvalue weighted by Crippen LogP contribution is -2.40. The third-order valence-electron chi connectivity index (χ3n) is 6.35. The van der Waals surface area contributed by atoms with Gasteiger partial charge in [0.1, 0.15) is 11.5 Å². The Balaban J connectivity index is 1.51. The van der Waals surface area contributed by atoms with E-state index in [0.717, 1.165) is 24.2 Å². The minimum absolute atomic E-state index is 0.0230. The van der Waals surface area contributed by atoms with Crippen LogP contribution in [0.15, 0.2) is 30.6 Å². The second-order valence-corrected chi connectivity index (χ2v) is 8.05. The van der Waals surface area contributed by atoms with E-state index in [4.69, 9.17) is 11.1 Å². The summed E-state index contributed by atoms with van der Waals surface area (Å²) in [4.78, 5) is 19.6. The van der Waals surface area contributed by atoms with E-state index in [9.17, 15) is 4.79 Å². The molecule has 2 saturated heterocycles. The standard InChI is InChI=1S/C21H27N5O/c1-25-8-7-24-21(25)14-3-6-18(22)17(12-14)20(23)19(27)11-13-9-15-4-5-16(10-13)26(15)2/h3,6-8,12-13,15-16,23H,4-5,9-11,22H2,1-2H3. The van der Waals surface area contributed by atoms with Crippen molar-refractivity contribution in [3.05, 3.63) is 36.2 Å². The first-order valence-electron chi connectivity index (χ1n) is 9.65. The number of carbonyl (C=O) groups is 1. The third-order valence-corrected chi connectivity index (χ3v) is 6.35. The normalized spacial score (nSPS) is 24.9. The van der Waals surface area contributed by atoms with Gasteiger partial charge in [0, 0.05) is 54.8 Å². The summed E-state index contributed by atoms with van der Waals surface area (Å²) >= 11 is 0. The van der Waals surface area contributed by atoms with Gasteiger partial charge in [0.2, 0.25) is 0 Å². The molecule has 3 N–H and O–H groups in total. The van der Waals surface area contributed by atoms with Crippen LogP contribution in [-0.4, -0.2) is 45.1 Å². The number of hydrogen-bond donors (Lipinski definition) is 2. The molecule has 0 radical (unpaired) electrons. The van der Waals surface area contributed by atoms with Gasteiger partial charge < -0.3 is 15.2 Å². The van der Waals surface area contributed by atoms with Crippen LogP contribution in [0.1, 0.15) is 37.7 Å². The second-order valence-electron chi connectivity index (χ2n) is 8.05. The van der Waals surface area contributed by atoms with Crippen LogP contribution in [0, 0.1) is 11.3 Å². The molecule has 3 heterocycles. The lowest BCUT2D eigenvalue weighted by atomic mass is 9.85. The average molecular weight is 365 g/mol. The van der Waals surface area contributed by atoms with Gasteiger partial charge in [0.25, 0.3) is 0 Å². The number of aromatic nitrogens is 2. The van der Waals surface area contributed by atoms with Gasteiger partial charge in [0.05, 0.1) is 0 Å². The van der Waals surface area contributed by atoms with Crippen LogP contribution in [-0.2, 0) is 11.8 Å². The number of ketones is 1. The molecule has 2 unspecified atom stereocenters. The summed E-state index contributed by atoms with van der Waals surface area (Å²) in [7, 11) is 4.12. The van der Waals surface area contributed by atoms with Crippen LogP contribution in [0.25, 0.3) is 11.4 Å². The van der Waals surface area contributed by atoms with E-state index >= 15 is 0 Å². The van der Waals surface area contributed by atoms with Crippen molar-refractivity contribution in [3.63, 3.8) is 0 Å². The quantitative estimate of drug-likeness (QED) is 0.630. The molecule has 2 aliphatic heterocycles. The SMILES string of the molecule is CN1C2CCC1CC(CC(=O)C(=N)c1cc(-c3nccn3C)ccc1N)C2. The number of anilines is 1. The summed E-state index contributed by atoms with van der Waals surface area (Å²) < 4.78 is 1.91. The van der Waals surface area contributed by atoms with Crippen molar-refractivity contribution in [2.24, 2.45) is 13.0 Å². The van der Waals surface area contributed by atoms with Crippen molar-refractivity contribution in [1.82, 2.24) is 14.5 Å². The highest BCUT2D eigenvalue weighted by molar-refractivity contribution is 6.46. The summed E-state index contributed by atoms with van der Waals surface area (Å²) in [6, 6.07) is 6.67. The smallest absolute Gasteiger partial charge is 0.181 e. The first-order chi connectivity index (χ1) is 12.9. The summed E-state index contributed by atoms with van der Waals surface area (Å²) in [5.41, 5.74) is 7.96. The number of piperidine rings is 1. The number of rotatable bonds is 5. The fourth-order valence-electron chi connectivity index (χ4n) is 4.76. The molecule has 0 aliphatic carbocycles. The Morgan fingerprint density at radius 1 is 1.26 bits per heavy atom. The van der Waals surface area contributed by atoms with Gasteiger partial charge in [0.15, 0.2) is 5.78 Å². The Kier molecular flexibility index (Phi) is 4.60. The molecule has 2 atom stereocenters. The first kappa shape index (κ1) is 17.9. The number of nitrogen functional groups attached to an aromatic ring is 1. The Labute approximate surface area is 159 Å². The zero-order valence-electron chi connectivity index (χ0n) is 16.0. The molecule has 2 aromatic rings. The van der Waals surface area contributed by atoms with Gasteiger partial charge in [-0.1, -0.05) is 0 Å². The number of fused-ring (bicyclic) bond motifs is 2. The molecule has 27 heavy (non-hydrogen) atoms. The highest BCUT2D eigenvalue weighted by Crippen LogP contribution is 2.39. The van der Waals surface area contributed by atoms with Gasteiger partial charge in [-0.15, -0.1) is 0 Å². The molecule has 0 saturated carbocycles. The molecule has 2 aliphatic rings. The topological polar surface area (TPSA) is 88.0 Å². The van der Waals surface area contributed by atoms with Crippen molar-refractivity contribution in [2.75, 3.05) is 12.8 Å². The van der Waals surface area contributed by atoms with Crippen molar-refractivity contribution >= 4 is 17.2 Å². The molecular formula is C21H27N5O. The average Bonchev–Trinajstić information content (AvgIpc) is 3.14. The number of carbonyl (C=O) groups excluding carboxylic acids is 1. The van der Waals surface area contributed by atoms with E-state index in [-0.39, 0.29) is 11.5 Å². The van der Waals surface area contributed by atoms with E-state index in [2.05, 4.69) is 16.9 Å². The predicted molar refractivity (Wildman–Crippen MR) is 107 cm³/mol. The van der Waals surface area contributed by atoms with Gasteiger partial charge in [-0.3, -0.25) is 10.2 Å². The molecule has 2 bridgehead atoms. The number of nitrogens with zero attached hydrogens (tertiary/aromatic N) is 3. The zero-order valence-corrected chi connectivity index (χ0v) is 16.0. The molecular weight excluding hydrogens is 338 g/mol. The van der Waals surface area contributed by atoms with Crippen molar-refractivity contribution in [3.8, 4) is 11.4 Å². The monoisotopic (exact) mass is 365 g/mol. The minimum Gasteiger partial charge on any atom is -0.398 e. The van der Waals surface area contributed by atoms with Crippen LogP contribution in [0.5, 0.6) is 0 Å². The number of Topliss-reactive ketones (excluding diaryl/α,β-unsaturated/α-hetero) is 1. The molecule has 142 valence electrons. The summed E-state index contributed by atoms with van der Waals surface area (Å²) in [6.07, 6.45) is 8.66. The van der Waals surface area contributed by atoms with E-state index in [1.165, 1.54) is 12.8 Å². The number of hydrogen-bond acceptors (Lipinski definition) is 5. The maximum absolute atomic E-state index is 12.8. The molecule has 4 rings (SSSR count). The van der Waals surface area contributed by atoms with Gasteiger partial charge >= 0.3 is 0 Å². The summed E-state index contributed by atoms with van der Waals surface area (Å²) in [5, 5.41) is 8.46. The number of nitrogens with one attached hydrogen (secondary N) is 1. The summed E-state index contributed by atoms with van der Waals surface area (Å²) in [5.74, 6) is 1.07. The fourth-order valence-corrected chi connectivity index (χ4v) is 4.76. The Morgan fingerprint density at radius 3 is 2.59 bits per heavy atom. The van der Waals surface area contributed by atoms with E-state index < -0.39 is 0 Å². The fraction of sp³-hybridized carbons (Fsp3) is 0.476. The molecule has 6 heteroatoms. The molecule has 0 amide bonds. The highest BCUT2D eigenvalue weighted by atomic mass is 16.1. The number of aryl methyl sites for hydroxylation is 1. The maximum Gasteiger partial charge on any atom is 0.181 e.